The number of rotatable bonds is 5. The molecule has 1 fully saturated rings. The van der Waals surface area contributed by atoms with E-state index in [1.54, 1.807) is 0 Å². The average Bonchev–Trinajstić information content (AvgIpc) is 2.86. The number of hydrogen-bond donors (Lipinski definition) is 1. The van der Waals surface area contributed by atoms with Gasteiger partial charge in [0.2, 0.25) is 0 Å². The van der Waals surface area contributed by atoms with Crippen LogP contribution in [0.15, 0.2) is 6.07 Å². The quantitative estimate of drug-likeness (QED) is 0.850. The molecule has 3 heteroatoms. The largest absolute Gasteiger partial charge is 0.311 e. The lowest BCUT2D eigenvalue weighted by atomic mass is 10.1. The minimum absolute atomic E-state index is 0.892. The molecule has 3 nitrogen and oxygen atoms in total. The van der Waals surface area contributed by atoms with E-state index in [1.165, 1.54) is 30.7 Å². The maximum Gasteiger partial charge on any atom is 0.0625 e. The molecule has 1 aliphatic rings. The molecule has 0 aliphatic heterocycles. The summed E-state index contributed by atoms with van der Waals surface area (Å²) in [6.07, 6.45) is 5.24. The first-order chi connectivity index (χ1) is 8.19. The number of aryl methyl sites for hydroxylation is 2. The lowest BCUT2D eigenvalue weighted by Crippen LogP contribution is -2.22. The highest BCUT2D eigenvalue weighted by atomic mass is 15.3. The van der Waals surface area contributed by atoms with Crippen molar-refractivity contribution in [2.75, 3.05) is 6.54 Å². The molecule has 1 aromatic rings. The fourth-order valence-corrected chi connectivity index (χ4v) is 2.82. The van der Waals surface area contributed by atoms with E-state index in [1.807, 2.05) is 11.7 Å². The Labute approximate surface area is 105 Å². The maximum atomic E-state index is 4.47. The van der Waals surface area contributed by atoms with E-state index in [0.29, 0.717) is 0 Å². The van der Waals surface area contributed by atoms with Gasteiger partial charge in [-0.15, -0.1) is 0 Å². The van der Waals surface area contributed by atoms with Crippen LogP contribution in [0.1, 0.15) is 44.5 Å². The van der Waals surface area contributed by atoms with Gasteiger partial charge in [0, 0.05) is 13.6 Å². The topological polar surface area (TPSA) is 29.9 Å². The maximum absolute atomic E-state index is 4.47. The van der Waals surface area contributed by atoms with Crippen LogP contribution in [0, 0.1) is 11.8 Å². The van der Waals surface area contributed by atoms with E-state index in [2.05, 4.69) is 30.3 Å². The van der Waals surface area contributed by atoms with Gasteiger partial charge in [-0.3, -0.25) is 4.68 Å². The minimum Gasteiger partial charge on any atom is -0.311 e. The highest BCUT2D eigenvalue weighted by Crippen LogP contribution is 2.29. The molecule has 2 rings (SSSR count). The Morgan fingerprint density at radius 3 is 2.88 bits per heavy atom. The molecule has 1 aromatic heterocycles. The van der Waals surface area contributed by atoms with Crippen LogP contribution in [0.2, 0.25) is 0 Å². The molecule has 0 bridgehead atoms. The molecule has 17 heavy (non-hydrogen) atoms. The molecule has 2 atom stereocenters. The van der Waals surface area contributed by atoms with Gasteiger partial charge in [0.15, 0.2) is 0 Å². The van der Waals surface area contributed by atoms with E-state index < -0.39 is 0 Å². The van der Waals surface area contributed by atoms with Crippen molar-refractivity contribution < 1.29 is 0 Å². The zero-order chi connectivity index (χ0) is 12.3. The summed E-state index contributed by atoms with van der Waals surface area (Å²) in [5, 5.41) is 8.05. The van der Waals surface area contributed by atoms with Gasteiger partial charge < -0.3 is 5.32 Å². The van der Waals surface area contributed by atoms with Crippen LogP contribution in [0.3, 0.4) is 0 Å². The molecule has 0 radical (unpaired) electrons. The third-order valence-corrected chi connectivity index (χ3v) is 3.93. The standard InChI is InChI=1S/C14H25N3/c1-4-13-8-14(17(3)16-13)10-15-9-12-6-5-11(2)7-12/h8,11-12,15H,4-7,9-10H2,1-3H3. The van der Waals surface area contributed by atoms with Crippen molar-refractivity contribution in [3.05, 3.63) is 17.5 Å². The minimum atomic E-state index is 0.892. The third-order valence-electron chi connectivity index (χ3n) is 3.93. The van der Waals surface area contributed by atoms with E-state index >= 15 is 0 Å². The number of nitrogens with one attached hydrogen (secondary N) is 1. The highest BCUT2D eigenvalue weighted by molar-refractivity contribution is 5.09. The second-order valence-corrected chi connectivity index (χ2v) is 5.52. The molecular weight excluding hydrogens is 210 g/mol. The molecule has 0 amide bonds. The van der Waals surface area contributed by atoms with E-state index in [-0.39, 0.29) is 0 Å². The van der Waals surface area contributed by atoms with Crippen molar-refractivity contribution in [2.45, 2.75) is 46.1 Å². The van der Waals surface area contributed by atoms with Crippen LogP contribution < -0.4 is 5.32 Å². The van der Waals surface area contributed by atoms with E-state index in [4.69, 9.17) is 0 Å². The summed E-state index contributed by atoms with van der Waals surface area (Å²) in [6.45, 7) is 6.64. The van der Waals surface area contributed by atoms with Gasteiger partial charge in [-0.05, 0) is 43.7 Å². The second kappa shape index (κ2) is 5.67. The van der Waals surface area contributed by atoms with Gasteiger partial charge in [0.25, 0.3) is 0 Å². The monoisotopic (exact) mass is 235 g/mol. The third kappa shape index (κ3) is 3.32. The smallest absolute Gasteiger partial charge is 0.0625 e. The van der Waals surface area contributed by atoms with Gasteiger partial charge in [0.05, 0.1) is 11.4 Å². The van der Waals surface area contributed by atoms with Crippen LogP contribution in [-0.2, 0) is 20.0 Å². The normalized spacial score (nSPS) is 24.4. The Morgan fingerprint density at radius 2 is 2.29 bits per heavy atom. The summed E-state index contributed by atoms with van der Waals surface area (Å²) in [5.41, 5.74) is 2.49. The lowest BCUT2D eigenvalue weighted by Gasteiger charge is -2.10. The molecule has 96 valence electrons. The first-order valence-corrected chi connectivity index (χ1v) is 6.91. The van der Waals surface area contributed by atoms with Crippen LogP contribution in [0.25, 0.3) is 0 Å². The van der Waals surface area contributed by atoms with Gasteiger partial charge in [0.1, 0.15) is 0 Å². The highest BCUT2D eigenvalue weighted by Gasteiger charge is 2.20. The zero-order valence-corrected chi connectivity index (χ0v) is 11.4. The molecule has 2 unspecified atom stereocenters. The summed E-state index contributed by atoms with van der Waals surface area (Å²) in [6, 6.07) is 2.21. The molecule has 1 N–H and O–H groups in total. The number of nitrogens with zero attached hydrogens (tertiary/aromatic N) is 2. The van der Waals surface area contributed by atoms with Crippen molar-refractivity contribution in [1.82, 2.24) is 15.1 Å². The molecule has 0 spiro atoms. The SMILES string of the molecule is CCc1cc(CNCC2CCC(C)C2)n(C)n1. The summed E-state index contributed by atoms with van der Waals surface area (Å²) < 4.78 is 2.00. The molecule has 1 heterocycles. The molecule has 0 aromatic carbocycles. The summed E-state index contributed by atoms with van der Waals surface area (Å²) in [7, 11) is 2.04. The van der Waals surface area contributed by atoms with Crippen LogP contribution >= 0.6 is 0 Å². The van der Waals surface area contributed by atoms with Crippen LogP contribution in [0.5, 0.6) is 0 Å². The average molecular weight is 235 g/mol. The van der Waals surface area contributed by atoms with Gasteiger partial charge in [-0.2, -0.15) is 5.10 Å². The fraction of sp³-hybridized carbons (Fsp3) is 0.786. The summed E-state index contributed by atoms with van der Waals surface area (Å²) in [4.78, 5) is 0. The number of hydrogen-bond acceptors (Lipinski definition) is 2. The zero-order valence-electron chi connectivity index (χ0n) is 11.4. The molecule has 0 saturated heterocycles. The predicted molar refractivity (Wildman–Crippen MR) is 70.8 cm³/mol. The lowest BCUT2D eigenvalue weighted by molar-refractivity contribution is 0.465. The molecule has 1 saturated carbocycles. The van der Waals surface area contributed by atoms with Gasteiger partial charge >= 0.3 is 0 Å². The summed E-state index contributed by atoms with van der Waals surface area (Å²) in [5.74, 6) is 1.83. The predicted octanol–water partition coefficient (Wildman–Crippen LogP) is 2.51. The van der Waals surface area contributed by atoms with Crippen LogP contribution in [0.4, 0.5) is 0 Å². The Morgan fingerprint density at radius 1 is 1.47 bits per heavy atom. The Kier molecular flexibility index (Phi) is 4.21. The second-order valence-electron chi connectivity index (χ2n) is 5.52. The van der Waals surface area contributed by atoms with Crippen molar-refractivity contribution in [2.24, 2.45) is 18.9 Å². The van der Waals surface area contributed by atoms with E-state index in [9.17, 15) is 0 Å². The van der Waals surface area contributed by atoms with Crippen LogP contribution in [-0.4, -0.2) is 16.3 Å². The Hall–Kier alpha value is -0.830. The first kappa shape index (κ1) is 12.6. The van der Waals surface area contributed by atoms with Gasteiger partial charge in [-0.25, -0.2) is 0 Å². The number of aromatic nitrogens is 2. The van der Waals surface area contributed by atoms with Crippen molar-refractivity contribution in [1.29, 1.82) is 0 Å². The first-order valence-electron chi connectivity index (χ1n) is 6.91. The Balaban J connectivity index is 1.76. The van der Waals surface area contributed by atoms with Crippen molar-refractivity contribution in [3.8, 4) is 0 Å². The molecular formula is C14H25N3. The molecule has 1 aliphatic carbocycles. The Bertz CT molecular complexity index is 356. The fourth-order valence-electron chi connectivity index (χ4n) is 2.82. The van der Waals surface area contributed by atoms with E-state index in [0.717, 1.165) is 31.3 Å². The van der Waals surface area contributed by atoms with Gasteiger partial charge in [-0.1, -0.05) is 20.3 Å². The summed E-state index contributed by atoms with van der Waals surface area (Å²) >= 11 is 0. The van der Waals surface area contributed by atoms with Crippen molar-refractivity contribution in [3.63, 3.8) is 0 Å². The van der Waals surface area contributed by atoms with Crippen molar-refractivity contribution >= 4 is 0 Å².